The zero-order valence-electron chi connectivity index (χ0n) is 15.0. The smallest absolute Gasteiger partial charge is 0.329 e. The fourth-order valence-corrected chi connectivity index (χ4v) is 2.65. The number of nitrogens with one attached hydrogen (secondary N) is 2. The molecule has 0 bridgehead atoms. The van der Waals surface area contributed by atoms with E-state index in [9.17, 15) is 9.59 Å². The summed E-state index contributed by atoms with van der Waals surface area (Å²) in [5.74, 6) is -0.254. The van der Waals surface area contributed by atoms with Crippen LogP contribution in [0.3, 0.4) is 0 Å². The second-order valence-electron chi connectivity index (χ2n) is 6.00. The van der Waals surface area contributed by atoms with E-state index in [1.807, 2.05) is 24.3 Å². The fraction of sp³-hybridized carbons (Fsp3) is 0.250. The van der Waals surface area contributed by atoms with Crippen molar-refractivity contribution >= 4 is 29.0 Å². The first kappa shape index (κ1) is 18.4. The normalized spacial score (nSPS) is 11.1. The number of unbranched alkanes of at least 4 members (excludes halogenated alkanes) is 1. The Morgan fingerprint density at radius 2 is 2.00 bits per heavy atom. The van der Waals surface area contributed by atoms with Crippen LogP contribution in [0.5, 0.6) is 0 Å². The molecule has 2 aromatic heterocycles. The monoisotopic (exact) mass is 367 g/mol. The Kier molecular flexibility index (Phi) is 6.04. The second-order valence-corrected chi connectivity index (χ2v) is 6.00. The maximum Gasteiger partial charge on any atom is 0.329 e. The quantitative estimate of drug-likeness (QED) is 0.381. The van der Waals surface area contributed by atoms with Gasteiger partial charge in [-0.25, -0.2) is 5.43 Å². The van der Waals surface area contributed by atoms with Crippen LogP contribution in [0.2, 0.25) is 0 Å². The molecule has 1 aromatic carbocycles. The number of para-hydroxylation sites is 1. The molecule has 0 aliphatic carbocycles. The number of nitrogens with zero attached hydrogens (tertiary/aromatic N) is 1. The summed E-state index contributed by atoms with van der Waals surface area (Å²) < 4.78 is 11.0. The van der Waals surface area contributed by atoms with Crippen LogP contribution in [-0.2, 0) is 22.6 Å². The third kappa shape index (κ3) is 4.63. The average molecular weight is 367 g/mol. The Bertz CT molecular complexity index is 941. The zero-order valence-corrected chi connectivity index (χ0v) is 15.0. The van der Waals surface area contributed by atoms with E-state index in [1.165, 1.54) is 12.5 Å². The largest absolute Gasteiger partial charge is 0.467 e. The lowest BCUT2D eigenvalue weighted by Gasteiger charge is -2.01. The van der Waals surface area contributed by atoms with E-state index >= 15 is 0 Å². The summed E-state index contributed by atoms with van der Waals surface area (Å²) in [5.41, 5.74) is 3.83. The minimum Gasteiger partial charge on any atom is -0.467 e. The van der Waals surface area contributed by atoms with Gasteiger partial charge in [0.05, 0.1) is 19.0 Å². The molecule has 2 N–H and O–H groups in total. The third-order valence-corrected chi connectivity index (χ3v) is 4.04. The summed E-state index contributed by atoms with van der Waals surface area (Å²) >= 11 is 0. The van der Waals surface area contributed by atoms with Gasteiger partial charge in [-0.05, 0) is 24.6 Å². The standard InChI is InChI=1S/C20H21N3O4/c1-2-3-9-18-16(15-8-4-5-10-17(15)27-18)13-22-23-20(25)19(24)21-12-14-7-6-11-26-14/h4-8,10-11,13H,2-3,9,12H2,1H3,(H,21,24)(H,23,25)/b22-13-. The van der Waals surface area contributed by atoms with Crippen molar-refractivity contribution in [3.8, 4) is 0 Å². The van der Waals surface area contributed by atoms with Gasteiger partial charge in [0, 0.05) is 17.4 Å². The first-order valence-electron chi connectivity index (χ1n) is 8.83. The molecule has 0 spiro atoms. The van der Waals surface area contributed by atoms with E-state index < -0.39 is 11.8 Å². The van der Waals surface area contributed by atoms with Crippen LogP contribution < -0.4 is 10.7 Å². The van der Waals surface area contributed by atoms with Crippen molar-refractivity contribution in [1.82, 2.24) is 10.7 Å². The molecule has 3 aromatic rings. The number of hydrogen-bond donors (Lipinski definition) is 2. The molecule has 27 heavy (non-hydrogen) atoms. The summed E-state index contributed by atoms with van der Waals surface area (Å²) in [5, 5.41) is 7.31. The first-order chi connectivity index (χ1) is 13.2. The van der Waals surface area contributed by atoms with Crippen LogP contribution >= 0.6 is 0 Å². The van der Waals surface area contributed by atoms with E-state index in [1.54, 1.807) is 12.1 Å². The van der Waals surface area contributed by atoms with Gasteiger partial charge in [0.15, 0.2) is 0 Å². The number of rotatable bonds is 7. The molecule has 0 radical (unpaired) electrons. The zero-order chi connectivity index (χ0) is 19.1. The third-order valence-electron chi connectivity index (χ3n) is 4.04. The van der Waals surface area contributed by atoms with Crippen molar-refractivity contribution in [3.05, 3.63) is 59.7 Å². The molecular weight excluding hydrogens is 346 g/mol. The number of benzene rings is 1. The maximum atomic E-state index is 11.9. The lowest BCUT2D eigenvalue weighted by atomic mass is 10.1. The van der Waals surface area contributed by atoms with Crippen LogP contribution in [0.1, 0.15) is 36.8 Å². The number of hydrazone groups is 1. The molecule has 2 heterocycles. The Hall–Kier alpha value is -3.35. The number of furan rings is 2. The van der Waals surface area contributed by atoms with Gasteiger partial charge in [-0.1, -0.05) is 31.5 Å². The Labute approximate surface area is 156 Å². The van der Waals surface area contributed by atoms with Gasteiger partial charge in [-0.15, -0.1) is 0 Å². The van der Waals surface area contributed by atoms with Crippen molar-refractivity contribution in [2.24, 2.45) is 5.10 Å². The van der Waals surface area contributed by atoms with E-state index in [4.69, 9.17) is 8.83 Å². The van der Waals surface area contributed by atoms with Gasteiger partial charge in [0.25, 0.3) is 0 Å². The van der Waals surface area contributed by atoms with Crippen LogP contribution in [0.4, 0.5) is 0 Å². The minimum absolute atomic E-state index is 0.135. The summed E-state index contributed by atoms with van der Waals surface area (Å²) in [6, 6.07) is 11.1. The highest BCUT2D eigenvalue weighted by atomic mass is 16.3. The lowest BCUT2D eigenvalue weighted by molar-refractivity contribution is -0.139. The number of amides is 2. The van der Waals surface area contributed by atoms with Gasteiger partial charge in [0.2, 0.25) is 0 Å². The highest BCUT2D eigenvalue weighted by Gasteiger charge is 2.14. The first-order valence-corrected chi connectivity index (χ1v) is 8.83. The molecule has 0 unspecified atom stereocenters. The number of aryl methyl sites for hydroxylation is 1. The minimum atomic E-state index is -0.847. The summed E-state index contributed by atoms with van der Waals surface area (Å²) in [6.07, 6.45) is 5.83. The molecule has 7 nitrogen and oxygen atoms in total. The van der Waals surface area contributed by atoms with Crippen molar-refractivity contribution in [2.75, 3.05) is 0 Å². The van der Waals surface area contributed by atoms with Crippen molar-refractivity contribution in [2.45, 2.75) is 32.7 Å². The Morgan fingerprint density at radius 3 is 2.78 bits per heavy atom. The fourth-order valence-electron chi connectivity index (χ4n) is 2.65. The van der Waals surface area contributed by atoms with E-state index in [0.29, 0.717) is 5.76 Å². The van der Waals surface area contributed by atoms with Gasteiger partial charge in [0.1, 0.15) is 17.1 Å². The molecular formula is C20H21N3O4. The predicted octanol–water partition coefficient (Wildman–Crippen LogP) is 3.13. The summed E-state index contributed by atoms with van der Waals surface area (Å²) in [7, 11) is 0. The topological polar surface area (TPSA) is 96.8 Å². The Morgan fingerprint density at radius 1 is 1.15 bits per heavy atom. The molecule has 0 saturated carbocycles. The molecule has 0 saturated heterocycles. The highest BCUT2D eigenvalue weighted by Crippen LogP contribution is 2.25. The van der Waals surface area contributed by atoms with E-state index in [-0.39, 0.29) is 6.54 Å². The maximum absolute atomic E-state index is 11.9. The van der Waals surface area contributed by atoms with Crippen LogP contribution in [0.15, 0.2) is 56.6 Å². The molecule has 7 heteroatoms. The van der Waals surface area contributed by atoms with Crippen LogP contribution in [-0.4, -0.2) is 18.0 Å². The number of carbonyl (C=O) groups is 2. The van der Waals surface area contributed by atoms with E-state index in [0.717, 1.165) is 41.6 Å². The van der Waals surface area contributed by atoms with E-state index in [2.05, 4.69) is 22.8 Å². The number of fused-ring (bicyclic) bond motifs is 1. The molecule has 0 fully saturated rings. The van der Waals surface area contributed by atoms with Crippen molar-refractivity contribution in [1.29, 1.82) is 0 Å². The SMILES string of the molecule is CCCCc1oc2ccccc2c1/C=N\NC(=O)C(=O)NCc1ccco1. The van der Waals surface area contributed by atoms with Crippen molar-refractivity contribution < 1.29 is 18.4 Å². The number of hydrogen-bond acceptors (Lipinski definition) is 5. The molecule has 0 aliphatic rings. The van der Waals surface area contributed by atoms with Gasteiger partial charge in [-0.2, -0.15) is 5.10 Å². The molecule has 140 valence electrons. The van der Waals surface area contributed by atoms with Crippen LogP contribution in [0, 0.1) is 0 Å². The predicted molar refractivity (Wildman–Crippen MR) is 101 cm³/mol. The van der Waals surface area contributed by atoms with Crippen LogP contribution in [0.25, 0.3) is 11.0 Å². The average Bonchev–Trinajstić information content (AvgIpc) is 3.32. The van der Waals surface area contributed by atoms with Gasteiger partial charge < -0.3 is 14.2 Å². The highest BCUT2D eigenvalue weighted by molar-refractivity contribution is 6.35. The Balaban J connectivity index is 1.64. The summed E-state index contributed by atoms with van der Waals surface area (Å²) in [4.78, 5) is 23.7. The van der Waals surface area contributed by atoms with Gasteiger partial charge >= 0.3 is 11.8 Å². The molecule has 0 atom stereocenters. The molecule has 0 aliphatic heterocycles. The lowest BCUT2D eigenvalue weighted by Crippen LogP contribution is -2.37. The van der Waals surface area contributed by atoms with Crippen molar-refractivity contribution in [3.63, 3.8) is 0 Å². The molecule has 2 amide bonds. The summed E-state index contributed by atoms with van der Waals surface area (Å²) in [6.45, 7) is 2.24. The number of carbonyl (C=O) groups excluding carboxylic acids is 2. The van der Waals surface area contributed by atoms with Gasteiger partial charge in [-0.3, -0.25) is 9.59 Å². The molecule has 3 rings (SSSR count). The second kappa shape index (κ2) is 8.84.